The van der Waals surface area contributed by atoms with E-state index in [4.69, 9.17) is 33.9 Å². The second kappa shape index (κ2) is 30.6. The van der Waals surface area contributed by atoms with Crippen molar-refractivity contribution in [2.75, 3.05) is 14.2 Å². The van der Waals surface area contributed by atoms with E-state index in [9.17, 15) is 73.2 Å². The number of aromatic carboxylic acids is 3. The van der Waals surface area contributed by atoms with Crippen LogP contribution in [0.3, 0.4) is 0 Å². The van der Waals surface area contributed by atoms with Gasteiger partial charge in [0.1, 0.15) is 34.5 Å². The fourth-order valence-corrected chi connectivity index (χ4v) is 10.4. The van der Waals surface area contributed by atoms with Gasteiger partial charge in [0, 0.05) is 129 Å². The van der Waals surface area contributed by atoms with Crippen LogP contribution >= 0.6 is 11.6 Å². The van der Waals surface area contributed by atoms with Crippen LogP contribution in [-0.4, -0.2) is 109 Å². The van der Waals surface area contributed by atoms with Gasteiger partial charge < -0.3 is 54.3 Å². The summed E-state index contributed by atoms with van der Waals surface area (Å²) in [5.74, 6) is -6.25. The Morgan fingerprint density at radius 1 is 0.337 bits per heavy atom. The van der Waals surface area contributed by atoms with Gasteiger partial charge in [0.15, 0.2) is 11.6 Å². The maximum absolute atomic E-state index is 12.4. The second-order valence-corrected chi connectivity index (χ2v) is 20.6. The number of hydrogen-bond acceptors (Lipinski definition) is 19. The van der Waals surface area contributed by atoms with E-state index in [-0.39, 0.29) is 89.5 Å². The molecule has 22 nitrogen and oxygen atoms in total. The highest BCUT2D eigenvalue weighted by molar-refractivity contribution is 6.62. The number of halogens is 1. The number of carbonyl (C=O) groups is 11. The summed E-state index contributed by atoms with van der Waals surface area (Å²) < 4.78 is 26.4. The molecule has 0 heterocycles. The van der Waals surface area contributed by atoms with Crippen LogP contribution in [0.2, 0.25) is 0 Å². The van der Waals surface area contributed by atoms with E-state index in [1.54, 1.807) is 133 Å². The first-order valence-electron chi connectivity index (χ1n) is 28.0. The number of carboxylic acids is 3. The summed E-state index contributed by atoms with van der Waals surface area (Å²) in [6, 6.07) is 45.4. The molecule has 11 aromatic carbocycles. The van der Waals surface area contributed by atoms with E-state index in [2.05, 4.69) is 11.6 Å². The molecular weight excluding hydrogens is 1250 g/mol. The third-order valence-electron chi connectivity index (χ3n) is 13.9. The van der Waals surface area contributed by atoms with Crippen LogP contribution in [0, 0.1) is 0 Å². The van der Waals surface area contributed by atoms with Crippen LogP contribution < -0.4 is 18.9 Å². The van der Waals surface area contributed by atoms with Crippen molar-refractivity contribution < 1.29 is 107 Å². The molecule has 11 aromatic rings. The van der Waals surface area contributed by atoms with E-state index < -0.39 is 53.5 Å². The van der Waals surface area contributed by atoms with E-state index in [1.807, 2.05) is 0 Å². The molecule has 12 rings (SSSR count). The lowest BCUT2D eigenvalue weighted by molar-refractivity contribution is -0.132. The van der Waals surface area contributed by atoms with E-state index in [0.29, 0.717) is 65.2 Å². The molecule has 1 aliphatic rings. The number of aliphatic hydroxyl groups is 1. The smallest absolute Gasteiger partial charge is 0.338 e. The standard InChI is InChI=1S/C20H16O6.C19H14O6.C15H10O4.C15H8O4.C2H3ClO.CH4O/c1-11(21)25-18-13-7-4-5-8-14(13)19(26-12(2)22)17-15(18)9-6-10-16(17)20(23)24-3;1-10(20)24-17-12-6-3-4-7-13(12)18(25-11(2)21)16-14(17)8-5-9-15(16)19(22)23;2*16-13-8-4-1-2-5-9(8)14(17)12-10(13)6-3-7-11(12)15(18)19;1-2(3)4;1-2/h4-10H,1-3H3;3-9H,1-2H3,(H,22,23);1-7,16-17H,(H,18,19);1-7H,(H,18,19);1H3;2H,1H3. The molecule has 0 aromatic heterocycles. The first kappa shape index (κ1) is 70.1. The van der Waals surface area contributed by atoms with E-state index >= 15 is 0 Å². The Kier molecular flexibility index (Phi) is 22.6. The molecule has 0 atom stereocenters. The van der Waals surface area contributed by atoms with Gasteiger partial charge in [0.25, 0.3) is 0 Å². The van der Waals surface area contributed by atoms with Gasteiger partial charge in [0.05, 0.1) is 29.4 Å². The molecule has 0 fully saturated rings. The highest BCUT2D eigenvalue weighted by atomic mass is 35.5. The number of carboxylic acid groups (broad SMARTS) is 3. The number of carbonyl (C=O) groups excluding carboxylic acids is 8. The molecule has 0 saturated heterocycles. The highest BCUT2D eigenvalue weighted by Crippen LogP contribution is 2.47. The number of ether oxygens (including phenoxy) is 5. The number of phenolic OH excluding ortho intramolecular Hbond substituents is 2. The Morgan fingerprint density at radius 2 is 0.632 bits per heavy atom. The maximum Gasteiger partial charge on any atom is 0.338 e. The number of ketones is 2. The topological polar surface area (TPSA) is 355 Å². The van der Waals surface area contributed by atoms with Gasteiger partial charge in [-0.3, -0.25) is 33.6 Å². The minimum absolute atomic E-state index is 0.0151. The molecule has 0 spiro atoms. The number of benzene rings is 11. The number of esters is 5. The molecule has 0 amide bonds. The van der Waals surface area contributed by atoms with Crippen molar-refractivity contribution in [1.82, 2.24) is 0 Å². The van der Waals surface area contributed by atoms with Gasteiger partial charge in [-0.1, -0.05) is 146 Å². The summed E-state index contributed by atoms with van der Waals surface area (Å²) in [7, 11) is 2.26. The van der Waals surface area contributed by atoms with Crippen LogP contribution in [0.25, 0.3) is 64.6 Å². The Bertz CT molecular complexity index is 4990. The minimum Gasteiger partial charge on any atom is -0.507 e. The molecule has 0 bridgehead atoms. The second-order valence-electron chi connectivity index (χ2n) is 20.0. The summed E-state index contributed by atoms with van der Waals surface area (Å²) in [4.78, 5) is 127. The SMILES string of the molecule is CC(=O)Cl.CC(=O)Oc1c2ccccc2c(OC(C)=O)c2c(C(=O)O)cccc12.CO.COC(=O)c1cccc2c(OC(C)=O)c3ccccc3c(OC(C)=O)c12.O=C(O)c1cccc2c(O)c3ccccc3c(O)c12.O=C(O)c1cccc2c1C(=O)c1ccccc1C2=O. The van der Waals surface area contributed by atoms with E-state index in [0.717, 1.165) is 7.11 Å². The van der Waals surface area contributed by atoms with Crippen LogP contribution in [0.4, 0.5) is 0 Å². The highest BCUT2D eigenvalue weighted by Gasteiger charge is 2.33. The van der Waals surface area contributed by atoms with Crippen molar-refractivity contribution >= 4 is 141 Å². The number of methoxy groups -OCH3 is 1. The van der Waals surface area contributed by atoms with Crippen LogP contribution in [0.5, 0.6) is 34.5 Å². The van der Waals surface area contributed by atoms with Gasteiger partial charge in [-0.05, 0) is 35.9 Å². The van der Waals surface area contributed by atoms with Gasteiger partial charge in [-0.2, -0.15) is 0 Å². The minimum atomic E-state index is -1.21. The molecule has 1 aliphatic carbocycles. The average molecular weight is 1310 g/mol. The normalized spacial score (nSPS) is 10.8. The summed E-state index contributed by atoms with van der Waals surface area (Å²) in [6.07, 6.45) is 0. The number of fused-ring (bicyclic) bond motifs is 8. The number of aromatic hydroxyl groups is 2. The lowest BCUT2D eigenvalue weighted by atomic mass is 9.82. The third kappa shape index (κ3) is 15.0. The molecule has 23 heteroatoms. The van der Waals surface area contributed by atoms with Crippen molar-refractivity contribution in [3.05, 3.63) is 214 Å². The van der Waals surface area contributed by atoms with Gasteiger partial charge in [-0.15, -0.1) is 0 Å². The summed E-state index contributed by atoms with van der Waals surface area (Å²) >= 11 is 4.64. The molecule has 0 aliphatic heterocycles. The molecule has 0 unspecified atom stereocenters. The summed E-state index contributed by atoms with van der Waals surface area (Å²) in [5.41, 5.74) is 0.716. The number of phenols is 2. The zero-order valence-corrected chi connectivity index (χ0v) is 52.0. The Labute approximate surface area is 543 Å². The Morgan fingerprint density at radius 3 is 1.04 bits per heavy atom. The van der Waals surface area contributed by atoms with Crippen LogP contribution in [0.15, 0.2) is 170 Å². The van der Waals surface area contributed by atoms with Crippen molar-refractivity contribution in [2.24, 2.45) is 0 Å². The number of aliphatic hydroxyl groups excluding tert-OH is 1. The predicted octanol–water partition coefficient (Wildman–Crippen LogP) is 12.8. The molecule has 95 heavy (non-hydrogen) atoms. The molecule has 0 radical (unpaired) electrons. The monoisotopic (exact) mass is 1310 g/mol. The summed E-state index contributed by atoms with van der Waals surface area (Å²) in [6.45, 7) is 6.37. The number of rotatable bonds is 8. The lowest BCUT2D eigenvalue weighted by Gasteiger charge is -2.18. The average Bonchev–Trinajstić information content (AvgIpc) is 0.775. The van der Waals surface area contributed by atoms with Crippen molar-refractivity contribution in [3.63, 3.8) is 0 Å². The predicted molar refractivity (Wildman–Crippen MR) is 350 cm³/mol. The number of hydrogen-bond donors (Lipinski definition) is 6. The Balaban J connectivity index is 0.000000175. The van der Waals surface area contributed by atoms with Crippen LogP contribution in [-0.2, 0) is 28.7 Å². The lowest BCUT2D eigenvalue weighted by Crippen LogP contribution is -2.23. The van der Waals surface area contributed by atoms with Gasteiger partial charge in [-0.25, -0.2) is 19.2 Å². The molecule has 6 N–H and O–H groups in total. The van der Waals surface area contributed by atoms with Crippen LogP contribution in [0.1, 0.15) is 108 Å². The van der Waals surface area contributed by atoms with E-state index in [1.165, 1.54) is 78.1 Å². The third-order valence-corrected chi connectivity index (χ3v) is 13.9. The Hall–Kier alpha value is -12.4. The molecule has 0 saturated carbocycles. The van der Waals surface area contributed by atoms with Gasteiger partial charge >= 0.3 is 47.8 Å². The zero-order chi connectivity index (χ0) is 69.7. The largest absolute Gasteiger partial charge is 0.507 e. The van der Waals surface area contributed by atoms with Crippen molar-refractivity contribution in [1.29, 1.82) is 0 Å². The van der Waals surface area contributed by atoms with Crippen molar-refractivity contribution in [2.45, 2.75) is 34.6 Å². The zero-order valence-electron chi connectivity index (χ0n) is 51.3. The molecule has 482 valence electrons. The fraction of sp³-hybridized carbons (Fsp3) is 0.0972. The molecular formula is C72H55ClO22. The fourth-order valence-electron chi connectivity index (χ4n) is 10.4. The quantitative estimate of drug-likeness (QED) is 0.0270. The summed E-state index contributed by atoms with van der Waals surface area (Å²) in [5, 5.41) is 60.0. The van der Waals surface area contributed by atoms with Crippen molar-refractivity contribution in [3.8, 4) is 34.5 Å². The maximum atomic E-state index is 12.4. The first-order valence-corrected chi connectivity index (χ1v) is 28.4. The van der Waals surface area contributed by atoms with Gasteiger partial charge in [0.2, 0.25) is 5.24 Å². The first-order chi connectivity index (χ1) is 45.3.